The van der Waals surface area contributed by atoms with Gasteiger partial charge in [-0.15, -0.1) is 0 Å². The van der Waals surface area contributed by atoms with Crippen LogP contribution in [0, 0.1) is 0 Å². The van der Waals surface area contributed by atoms with Gasteiger partial charge in [0.15, 0.2) is 0 Å². The molecule has 0 aliphatic rings. The van der Waals surface area contributed by atoms with E-state index < -0.39 is 11.2 Å². The lowest BCUT2D eigenvalue weighted by Crippen LogP contribution is -2.33. The second-order valence-electron chi connectivity index (χ2n) is 7.42. The Hall–Kier alpha value is -3.74. The molecule has 3 aromatic carbocycles. The summed E-state index contributed by atoms with van der Waals surface area (Å²) in [5.74, 6) is 0. The van der Waals surface area contributed by atoms with Gasteiger partial charge >= 0.3 is 5.69 Å². The van der Waals surface area contributed by atoms with Gasteiger partial charge in [0.05, 0.1) is 29.4 Å². The number of hydrogen-bond acceptors (Lipinski definition) is 4. The number of hydrogen-bond donors (Lipinski definition) is 1. The maximum atomic E-state index is 13.3. The molecule has 0 atom stereocenters. The Bertz CT molecular complexity index is 1600. The smallest absolute Gasteiger partial charge is 0.333 e. The lowest BCUT2D eigenvalue weighted by molar-refractivity contribution is 0.185. The maximum absolute atomic E-state index is 13.3. The van der Waals surface area contributed by atoms with Crippen LogP contribution in [0.5, 0.6) is 0 Å². The molecule has 0 aliphatic carbocycles. The van der Waals surface area contributed by atoms with Crippen LogP contribution in [0.4, 0.5) is 0 Å². The van der Waals surface area contributed by atoms with Crippen molar-refractivity contribution in [3.8, 4) is 16.8 Å². The van der Waals surface area contributed by atoms with E-state index in [1.807, 2.05) is 42.5 Å². The summed E-state index contributed by atoms with van der Waals surface area (Å²) in [5.41, 5.74) is 2.44. The summed E-state index contributed by atoms with van der Waals surface area (Å²) in [6.07, 6.45) is 3.23. The summed E-state index contributed by atoms with van der Waals surface area (Å²) in [6, 6.07) is 18.4. The van der Waals surface area contributed by atoms with Crippen molar-refractivity contribution in [2.75, 3.05) is 7.11 Å². The van der Waals surface area contributed by atoms with E-state index in [1.54, 1.807) is 31.5 Å². The quantitative estimate of drug-likeness (QED) is 0.437. The first-order chi connectivity index (χ1) is 15.6. The number of fused-ring (bicyclic) bond motifs is 2. The lowest BCUT2D eigenvalue weighted by atomic mass is 9.99. The van der Waals surface area contributed by atoms with Gasteiger partial charge in [-0.2, -0.15) is 0 Å². The summed E-state index contributed by atoms with van der Waals surface area (Å²) >= 11 is 6.47. The molecular formula is C25H18ClN3O3. The SMILES string of the molecule is COCc1cccc(Cl)c1-c1ccc2c(=O)n(-c3cncc4ccccc34)c(=O)[nH]c2c1. The van der Waals surface area contributed by atoms with Gasteiger partial charge in [0.1, 0.15) is 0 Å². The highest BCUT2D eigenvalue weighted by Gasteiger charge is 2.15. The minimum Gasteiger partial charge on any atom is -0.380 e. The van der Waals surface area contributed by atoms with E-state index in [2.05, 4.69) is 9.97 Å². The molecule has 0 radical (unpaired) electrons. The Morgan fingerprint density at radius 1 is 1.00 bits per heavy atom. The van der Waals surface area contributed by atoms with Crippen LogP contribution in [0.3, 0.4) is 0 Å². The second-order valence-corrected chi connectivity index (χ2v) is 7.83. The summed E-state index contributed by atoms with van der Waals surface area (Å²) in [7, 11) is 1.62. The third-order valence-corrected chi connectivity index (χ3v) is 5.79. The number of methoxy groups -OCH3 is 1. The molecule has 0 bridgehead atoms. The molecule has 0 saturated heterocycles. The summed E-state index contributed by atoms with van der Waals surface area (Å²) < 4.78 is 6.42. The van der Waals surface area contributed by atoms with Crippen molar-refractivity contribution in [1.29, 1.82) is 0 Å². The zero-order valence-corrected chi connectivity index (χ0v) is 17.9. The minimum atomic E-state index is -0.533. The van der Waals surface area contributed by atoms with Gasteiger partial charge in [-0.1, -0.05) is 54.1 Å². The van der Waals surface area contributed by atoms with E-state index >= 15 is 0 Å². The molecular weight excluding hydrogens is 426 g/mol. The highest BCUT2D eigenvalue weighted by molar-refractivity contribution is 6.33. The molecule has 158 valence electrons. The van der Waals surface area contributed by atoms with Crippen molar-refractivity contribution in [3.05, 3.63) is 104 Å². The third-order valence-electron chi connectivity index (χ3n) is 5.47. The van der Waals surface area contributed by atoms with Crippen LogP contribution in [0.1, 0.15) is 5.56 Å². The van der Waals surface area contributed by atoms with Crippen LogP contribution >= 0.6 is 11.6 Å². The fraction of sp³-hybridized carbons (Fsp3) is 0.0800. The largest absolute Gasteiger partial charge is 0.380 e. The zero-order chi connectivity index (χ0) is 22.2. The Balaban J connectivity index is 1.74. The van der Waals surface area contributed by atoms with Crippen LogP contribution in [0.25, 0.3) is 38.5 Å². The third kappa shape index (κ3) is 3.30. The van der Waals surface area contributed by atoms with Crippen LogP contribution < -0.4 is 11.2 Å². The Labute approximate surface area is 187 Å². The van der Waals surface area contributed by atoms with Crippen molar-refractivity contribution in [1.82, 2.24) is 14.5 Å². The second kappa shape index (κ2) is 8.07. The van der Waals surface area contributed by atoms with Gasteiger partial charge in [0, 0.05) is 34.7 Å². The van der Waals surface area contributed by atoms with Gasteiger partial charge in [-0.05, 0) is 29.3 Å². The molecule has 1 N–H and O–H groups in total. The number of halogens is 1. The molecule has 0 saturated carbocycles. The summed E-state index contributed by atoms with van der Waals surface area (Å²) in [4.78, 5) is 33.4. The Kier molecular flexibility index (Phi) is 5.09. The van der Waals surface area contributed by atoms with Gasteiger partial charge in [0.2, 0.25) is 0 Å². The molecule has 0 fully saturated rings. The fourth-order valence-electron chi connectivity index (χ4n) is 4.04. The van der Waals surface area contributed by atoms with Crippen molar-refractivity contribution in [2.45, 2.75) is 6.61 Å². The van der Waals surface area contributed by atoms with E-state index in [0.717, 1.165) is 32.0 Å². The molecule has 5 aromatic rings. The first-order valence-electron chi connectivity index (χ1n) is 9.97. The number of benzene rings is 3. The van der Waals surface area contributed by atoms with Crippen molar-refractivity contribution >= 4 is 33.3 Å². The number of pyridine rings is 1. The monoisotopic (exact) mass is 443 g/mol. The summed E-state index contributed by atoms with van der Waals surface area (Å²) in [6.45, 7) is 0.389. The lowest BCUT2D eigenvalue weighted by Gasteiger charge is -2.13. The van der Waals surface area contributed by atoms with Crippen LogP contribution in [-0.2, 0) is 11.3 Å². The Morgan fingerprint density at radius 2 is 1.84 bits per heavy atom. The number of nitrogens with zero attached hydrogens (tertiary/aromatic N) is 2. The number of aromatic nitrogens is 3. The van der Waals surface area contributed by atoms with E-state index in [1.165, 1.54) is 6.20 Å². The summed E-state index contributed by atoms with van der Waals surface area (Å²) in [5, 5.41) is 2.57. The fourth-order valence-corrected chi connectivity index (χ4v) is 4.34. The van der Waals surface area contributed by atoms with Gasteiger partial charge < -0.3 is 9.72 Å². The van der Waals surface area contributed by atoms with Gasteiger partial charge in [0.25, 0.3) is 5.56 Å². The van der Waals surface area contributed by atoms with E-state index in [0.29, 0.717) is 28.2 Å². The average Bonchev–Trinajstić information content (AvgIpc) is 2.79. The van der Waals surface area contributed by atoms with E-state index in [9.17, 15) is 9.59 Å². The minimum absolute atomic E-state index is 0.389. The number of ether oxygens (including phenoxy) is 1. The molecule has 7 heteroatoms. The molecule has 0 aliphatic heterocycles. The van der Waals surface area contributed by atoms with E-state index in [-0.39, 0.29) is 0 Å². The zero-order valence-electron chi connectivity index (χ0n) is 17.1. The van der Waals surface area contributed by atoms with Crippen molar-refractivity contribution < 1.29 is 4.74 Å². The molecule has 0 spiro atoms. The molecule has 32 heavy (non-hydrogen) atoms. The standard InChI is InChI=1S/C25H18ClN3O3/c1-32-14-17-6-4-8-20(26)23(17)15-9-10-19-21(11-15)28-25(31)29(24(19)30)22-13-27-12-16-5-2-3-7-18(16)22/h2-13H,14H2,1H3,(H,28,31). The predicted octanol–water partition coefficient (Wildman–Crippen LogP) is 4.69. The van der Waals surface area contributed by atoms with Crippen LogP contribution in [0.15, 0.2) is 82.6 Å². The highest BCUT2D eigenvalue weighted by Crippen LogP contribution is 2.33. The number of rotatable bonds is 4. The number of aromatic amines is 1. The first-order valence-corrected chi connectivity index (χ1v) is 10.3. The molecule has 0 unspecified atom stereocenters. The molecule has 5 rings (SSSR count). The van der Waals surface area contributed by atoms with Gasteiger partial charge in [-0.3, -0.25) is 9.78 Å². The average molecular weight is 444 g/mol. The molecule has 2 heterocycles. The number of H-pyrrole nitrogens is 1. The van der Waals surface area contributed by atoms with Gasteiger partial charge in [-0.25, -0.2) is 9.36 Å². The van der Waals surface area contributed by atoms with Crippen molar-refractivity contribution in [3.63, 3.8) is 0 Å². The topological polar surface area (TPSA) is 77.0 Å². The highest BCUT2D eigenvalue weighted by atomic mass is 35.5. The normalized spacial score (nSPS) is 11.3. The van der Waals surface area contributed by atoms with Crippen molar-refractivity contribution in [2.24, 2.45) is 0 Å². The first kappa shape index (κ1) is 20.2. The number of nitrogens with one attached hydrogen (secondary N) is 1. The van der Waals surface area contributed by atoms with Crippen LogP contribution in [0.2, 0.25) is 5.02 Å². The molecule has 6 nitrogen and oxygen atoms in total. The maximum Gasteiger partial charge on any atom is 0.333 e. The Morgan fingerprint density at radius 3 is 2.69 bits per heavy atom. The van der Waals surface area contributed by atoms with E-state index in [4.69, 9.17) is 16.3 Å². The van der Waals surface area contributed by atoms with Crippen LogP contribution in [-0.4, -0.2) is 21.6 Å². The molecule has 0 amide bonds. The molecule has 2 aromatic heterocycles. The predicted molar refractivity (Wildman–Crippen MR) is 127 cm³/mol.